The summed E-state index contributed by atoms with van der Waals surface area (Å²) >= 11 is 1.73. The highest BCUT2D eigenvalue weighted by atomic mass is 32.1. The van der Waals surface area contributed by atoms with E-state index in [0.29, 0.717) is 0 Å². The highest BCUT2D eigenvalue weighted by Gasteiger charge is 2.12. The van der Waals surface area contributed by atoms with Gasteiger partial charge in [0.05, 0.1) is 0 Å². The van der Waals surface area contributed by atoms with Crippen molar-refractivity contribution in [1.82, 2.24) is 5.32 Å². The molecule has 1 aromatic carbocycles. The van der Waals surface area contributed by atoms with E-state index < -0.39 is 0 Å². The minimum atomic E-state index is 0.0153. The smallest absolute Gasteiger partial charge is 0.251 e. The number of amides is 1. The van der Waals surface area contributed by atoms with Crippen molar-refractivity contribution in [3.8, 4) is 0 Å². The lowest BCUT2D eigenvalue weighted by Crippen LogP contribution is -2.34. The monoisotopic (exact) mass is 273 g/mol. The van der Waals surface area contributed by atoms with Crippen LogP contribution in [-0.4, -0.2) is 11.9 Å². The fourth-order valence-corrected chi connectivity index (χ4v) is 2.99. The van der Waals surface area contributed by atoms with Crippen LogP contribution in [0.2, 0.25) is 0 Å². The van der Waals surface area contributed by atoms with E-state index in [9.17, 15) is 4.79 Å². The summed E-state index contributed by atoms with van der Waals surface area (Å²) in [4.78, 5) is 13.5. The van der Waals surface area contributed by atoms with Crippen LogP contribution in [0.25, 0.3) is 0 Å². The van der Waals surface area contributed by atoms with Gasteiger partial charge in [-0.05, 0) is 43.8 Å². The standard InChI is InChI=1S/C16H19NOS/c1-11-6-7-15(12(2)9-11)16(18)17-13(3)10-14-5-4-8-19-14/h4-9,13H,10H2,1-3H3,(H,17,18)/t13-/m0/s1. The molecule has 2 rings (SSSR count). The molecule has 0 saturated carbocycles. The lowest BCUT2D eigenvalue weighted by Gasteiger charge is -2.14. The Morgan fingerprint density at radius 1 is 1.32 bits per heavy atom. The van der Waals surface area contributed by atoms with Crippen LogP contribution in [-0.2, 0) is 6.42 Å². The van der Waals surface area contributed by atoms with E-state index in [0.717, 1.165) is 17.5 Å². The molecule has 0 aliphatic carbocycles. The van der Waals surface area contributed by atoms with Gasteiger partial charge in [0, 0.05) is 22.9 Å². The summed E-state index contributed by atoms with van der Waals surface area (Å²) in [6.45, 7) is 6.06. The molecule has 100 valence electrons. The van der Waals surface area contributed by atoms with E-state index in [-0.39, 0.29) is 11.9 Å². The molecule has 1 heterocycles. The molecular weight excluding hydrogens is 254 g/mol. The number of aryl methyl sites for hydroxylation is 2. The zero-order chi connectivity index (χ0) is 13.8. The summed E-state index contributed by atoms with van der Waals surface area (Å²) < 4.78 is 0. The quantitative estimate of drug-likeness (QED) is 0.903. The lowest BCUT2D eigenvalue weighted by molar-refractivity contribution is 0.0939. The van der Waals surface area contributed by atoms with Crippen LogP contribution in [0, 0.1) is 13.8 Å². The first-order chi connectivity index (χ1) is 9.06. The molecular formula is C16H19NOS. The Hall–Kier alpha value is -1.61. The van der Waals surface area contributed by atoms with Gasteiger partial charge < -0.3 is 5.32 Å². The number of rotatable bonds is 4. The van der Waals surface area contributed by atoms with Crippen molar-refractivity contribution >= 4 is 17.2 Å². The molecule has 0 spiro atoms. The number of carbonyl (C=O) groups excluding carboxylic acids is 1. The average Bonchev–Trinajstić information content (AvgIpc) is 2.81. The average molecular weight is 273 g/mol. The van der Waals surface area contributed by atoms with Crippen molar-refractivity contribution in [3.63, 3.8) is 0 Å². The van der Waals surface area contributed by atoms with E-state index >= 15 is 0 Å². The maximum Gasteiger partial charge on any atom is 0.251 e. The molecule has 19 heavy (non-hydrogen) atoms. The molecule has 0 aliphatic rings. The molecule has 3 heteroatoms. The number of benzene rings is 1. The highest BCUT2D eigenvalue weighted by molar-refractivity contribution is 7.09. The number of hydrogen-bond donors (Lipinski definition) is 1. The molecule has 0 aliphatic heterocycles. The second-order valence-corrected chi connectivity index (χ2v) is 6.01. The lowest BCUT2D eigenvalue weighted by atomic mass is 10.0. The van der Waals surface area contributed by atoms with E-state index in [2.05, 4.69) is 16.8 Å². The van der Waals surface area contributed by atoms with Gasteiger partial charge in [0.1, 0.15) is 0 Å². The van der Waals surface area contributed by atoms with Crippen LogP contribution in [0.15, 0.2) is 35.7 Å². The molecule has 1 aromatic heterocycles. The summed E-state index contributed by atoms with van der Waals surface area (Å²) in [5, 5.41) is 5.13. The summed E-state index contributed by atoms with van der Waals surface area (Å²) in [5.74, 6) is 0.0153. The van der Waals surface area contributed by atoms with Gasteiger partial charge in [-0.2, -0.15) is 0 Å². The second kappa shape index (κ2) is 6.02. The van der Waals surface area contributed by atoms with Crippen LogP contribution in [0.5, 0.6) is 0 Å². The predicted octanol–water partition coefficient (Wildman–Crippen LogP) is 3.73. The van der Waals surface area contributed by atoms with Crippen LogP contribution in [0.4, 0.5) is 0 Å². The van der Waals surface area contributed by atoms with Crippen molar-refractivity contribution < 1.29 is 4.79 Å². The Morgan fingerprint density at radius 3 is 2.74 bits per heavy atom. The van der Waals surface area contributed by atoms with Gasteiger partial charge in [-0.3, -0.25) is 4.79 Å². The van der Waals surface area contributed by atoms with Crippen molar-refractivity contribution in [3.05, 3.63) is 57.3 Å². The first-order valence-corrected chi connectivity index (χ1v) is 7.34. The summed E-state index contributed by atoms with van der Waals surface area (Å²) in [7, 11) is 0. The van der Waals surface area contributed by atoms with Crippen LogP contribution in [0.1, 0.15) is 33.3 Å². The minimum absolute atomic E-state index is 0.0153. The molecule has 1 N–H and O–H groups in total. The zero-order valence-electron chi connectivity index (χ0n) is 11.6. The number of thiophene rings is 1. The second-order valence-electron chi connectivity index (χ2n) is 4.98. The zero-order valence-corrected chi connectivity index (χ0v) is 12.4. The third kappa shape index (κ3) is 3.67. The van der Waals surface area contributed by atoms with Crippen LogP contribution >= 0.6 is 11.3 Å². The Labute approximate surface area is 118 Å². The van der Waals surface area contributed by atoms with Gasteiger partial charge in [-0.25, -0.2) is 0 Å². The first-order valence-electron chi connectivity index (χ1n) is 6.47. The highest BCUT2D eigenvalue weighted by Crippen LogP contribution is 2.13. The maximum absolute atomic E-state index is 12.2. The molecule has 0 saturated heterocycles. The van der Waals surface area contributed by atoms with E-state index in [1.54, 1.807) is 11.3 Å². The summed E-state index contributed by atoms with van der Waals surface area (Å²) in [6, 6.07) is 10.2. The minimum Gasteiger partial charge on any atom is -0.349 e. The number of nitrogens with one attached hydrogen (secondary N) is 1. The van der Waals surface area contributed by atoms with Gasteiger partial charge >= 0.3 is 0 Å². The van der Waals surface area contributed by atoms with E-state index in [1.807, 2.05) is 45.0 Å². The largest absolute Gasteiger partial charge is 0.349 e. The Kier molecular flexibility index (Phi) is 4.38. The Bertz CT molecular complexity index is 560. The fraction of sp³-hybridized carbons (Fsp3) is 0.312. The SMILES string of the molecule is Cc1ccc(C(=O)N[C@@H](C)Cc2cccs2)c(C)c1. The van der Waals surface area contributed by atoms with Crippen molar-refractivity contribution in [2.45, 2.75) is 33.2 Å². The van der Waals surface area contributed by atoms with Gasteiger partial charge in [0.15, 0.2) is 0 Å². The van der Waals surface area contributed by atoms with Crippen molar-refractivity contribution in [2.75, 3.05) is 0 Å². The predicted molar refractivity (Wildman–Crippen MR) is 80.9 cm³/mol. The third-order valence-electron chi connectivity index (χ3n) is 3.09. The van der Waals surface area contributed by atoms with Crippen molar-refractivity contribution in [2.24, 2.45) is 0 Å². The van der Waals surface area contributed by atoms with Gasteiger partial charge in [0.25, 0.3) is 5.91 Å². The first kappa shape index (κ1) is 13.8. The van der Waals surface area contributed by atoms with Crippen LogP contribution in [0.3, 0.4) is 0 Å². The van der Waals surface area contributed by atoms with Gasteiger partial charge in [-0.1, -0.05) is 23.8 Å². The van der Waals surface area contributed by atoms with Gasteiger partial charge in [-0.15, -0.1) is 11.3 Å². The third-order valence-corrected chi connectivity index (χ3v) is 3.99. The molecule has 1 amide bonds. The Balaban J connectivity index is 2.00. The molecule has 0 fully saturated rings. The molecule has 2 aromatic rings. The number of carbonyl (C=O) groups is 1. The maximum atomic E-state index is 12.2. The Morgan fingerprint density at radius 2 is 2.11 bits per heavy atom. The topological polar surface area (TPSA) is 29.1 Å². The van der Waals surface area contributed by atoms with Crippen LogP contribution < -0.4 is 5.32 Å². The van der Waals surface area contributed by atoms with Gasteiger partial charge in [0.2, 0.25) is 0 Å². The molecule has 0 bridgehead atoms. The fourth-order valence-electron chi connectivity index (χ4n) is 2.15. The molecule has 0 unspecified atom stereocenters. The molecule has 1 atom stereocenters. The summed E-state index contributed by atoms with van der Waals surface area (Å²) in [5.41, 5.74) is 2.98. The number of hydrogen-bond acceptors (Lipinski definition) is 2. The normalized spacial score (nSPS) is 12.2. The van der Waals surface area contributed by atoms with E-state index in [1.165, 1.54) is 10.4 Å². The molecule has 0 radical (unpaired) electrons. The molecule has 2 nitrogen and oxygen atoms in total. The van der Waals surface area contributed by atoms with Crippen molar-refractivity contribution in [1.29, 1.82) is 0 Å². The van der Waals surface area contributed by atoms with E-state index in [4.69, 9.17) is 0 Å². The summed E-state index contributed by atoms with van der Waals surface area (Å²) in [6.07, 6.45) is 0.883.